The largest absolute Gasteiger partial charge is 0.370 e. The Morgan fingerprint density at radius 1 is 1.05 bits per heavy atom. The van der Waals surface area contributed by atoms with Crippen LogP contribution in [-0.2, 0) is 0 Å². The van der Waals surface area contributed by atoms with Crippen LogP contribution in [-0.4, -0.2) is 16.5 Å². The van der Waals surface area contributed by atoms with Crippen LogP contribution < -0.4 is 5.32 Å². The topological polar surface area (TPSA) is 37.8 Å². The van der Waals surface area contributed by atoms with Crippen LogP contribution in [0.3, 0.4) is 0 Å². The summed E-state index contributed by atoms with van der Waals surface area (Å²) in [5.74, 6) is 1.68. The third-order valence-electron chi connectivity index (χ3n) is 3.10. The summed E-state index contributed by atoms with van der Waals surface area (Å²) in [5, 5.41) is 3.33. The molecule has 0 spiro atoms. The number of nitrogens with zero attached hydrogens (tertiary/aromatic N) is 2. The van der Waals surface area contributed by atoms with Crippen molar-refractivity contribution in [3.8, 4) is 11.4 Å². The van der Waals surface area contributed by atoms with E-state index in [1.807, 2.05) is 13.0 Å². The third-order valence-corrected chi connectivity index (χ3v) is 4.36. The summed E-state index contributed by atoms with van der Waals surface area (Å²) in [4.78, 5) is 9.17. The van der Waals surface area contributed by atoms with Crippen LogP contribution in [0.2, 0.25) is 0 Å². The Hall–Kier alpha value is -1.42. The lowest BCUT2D eigenvalue weighted by Gasteiger charge is -2.10. The summed E-state index contributed by atoms with van der Waals surface area (Å²) in [7, 11) is 0. The van der Waals surface area contributed by atoms with E-state index in [2.05, 4.69) is 64.1 Å². The maximum Gasteiger partial charge on any atom is 0.161 e. The van der Waals surface area contributed by atoms with Crippen molar-refractivity contribution in [2.75, 3.05) is 11.9 Å². The fourth-order valence-electron chi connectivity index (χ4n) is 2.12. The summed E-state index contributed by atoms with van der Waals surface area (Å²) < 4.78 is 1.15. The van der Waals surface area contributed by atoms with Crippen LogP contribution in [0.1, 0.15) is 30.2 Å². The van der Waals surface area contributed by atoms with E-state index in [-0.39, 0.29) is 0 Å². The molecule has 0 radical (unpaired) electrons. The van der Waals surface area contributed by atoms with E-state index in [1.165, 1.54) is 11.1 Å². The average molecular weight is 334 g/mol. The molecule has 4 heteroatoms. The van der Waals surface area contributed by atoms with E-state index in [0.717, 1.165) is 40.3 Å². The highest BCUT2D eigenvalue weighted by Crippen LogP contribution is 2.27. The fourth-order valence-corrected chi connectivity index (χ4v) is 2.35. The number of benzene rings is 1. The molecule has 0 aliphatic carbocycles. The molecule has 0 saturated heterocycles. The number of anilines is 1. The van der Waals surface area contributed by atoms with Gasteiger partial charge in [0.1, 0.15) is 5.82 Å². The van der Waals surface area contributed by atoms with Crippen molar-refractivity contribution in [3.05, 3.63) is 39.5 Å². The molecule has 1 aromatic carbocycles. The Labute approximate surface area is 129 Å². The van der Waals surface area contributed by atoms with Gasteiger partial charge in [-0.2, -0.15) is 0 Å². The summed E-state index contributed by atoms with van der Waals surface area (Å²) in [6, 6.07) is 6.22. The minimum absolute atomic E-state index is 0.780. The zero-order valence-corrected chi connectivity index (χ0v) is 14.0. The summed E-state index contributed by atoms with van der Waals surface area (Å²) in [5.41, 5.74) is 4.44. The maximum atomic E-state index is 4.62. The van der Waals surface area contributed by atoms with Crippen molar-refractivity contribution in [2.45, 2.75) is 34.1 Å². The molecule has 1 aromatic heterocycles. The van der Waals surface area contributed by atoms with Gasteiger partial charge in [0.15, 0.2) is 5.82 Å². The number of aromatic nitrogens is 2. The standard InChI is InChI=1S/C16H20BrN3/c1-5-6-18-14-9-12(4)19-16(20-14)13-7-10(2)15(17)11(3)8-13/h7-9H,5-6H2,1-4H3,(H,18,19,20). The molecule has 1 heterocycles. The van der Waals surface area contributed by atoms with Crippen LogP contribution in [0.5, 0.6) is 0 Å². The van der Waals surface area contributed by atoms with Crippen LogP contribution in [0.4, 0.5) is 5.82 Å². The van der Waals surface area contributed by atoms with Gasteiger partial charge in [0.05, 0.1) is 0 Å². The molecule has 0 aliphatic rings. The first-order valence-electron chi connectivity index (χ1n) is 6.88. The minimum atomic E-state index is 0.780. The van der Waals surface area contributed by atoms with Gasteiger partial charge in [-0.1, -0.05) is 22.9 Å². The second-order valence-electron chi connectivity index (χ2n) is 5.07. The molecule has 0 aliphatic heterocycles. The molecule has 106 valence electrons. The highest BCUT2D eigenvalue weighted by molar-refractivity contribution is 9.10. The van der Waals surface area contributed by atoms with Gasteiger partial charge >= 0.3 is 0 Å². The van der Waals surface area contributed by atoms with Gasteiger partial charge in [0, 0.05) is 28.3 Å². The second kappa shape index (κ2) is 6.35. The van der Waals surface area contributed by atoms with Crippen molar-refractivity contribution < 1.29 is 0 Å². The molecule has 0 fully saturated rings. The van der Waals surface area contributed by atoms with Crippen LogP contribution in [0.25, 0.3) is 11.4 Å². The monoisotopic (exact) mass is 333 g/mol. The summed E-state index contributed by atoms with van der Waals surface area (Å²) in [6.45, 7) is 9.25. The first-order chi connectivity index (χ1) is 9.51. The Balaban J connectivity index is 2.44. The van der Waals surface area contributed by atoms with Gasteiger partial charge < -0.3 is 5.32 Å². The lowest BCUT2D eigenvalue weighted by molar-refractivity contribution is 0.962. The molecule has 2 aromatic rings. The molecule has 0 saturated carbocycles. The average Bonchev–Trinajstić information content (AvgIpc) is 2.41. The number of rotatable bonds is 4. The van der Waals surface area contributed by atoms with Gasteiger partial charge in [-0.05, 0) is 50.5 Å². The van der Waals surface area contributed by atoms with Gasteiger partial charge in [0.2, 0.25) is 0 Å². The smallest absolute Gasteiger partial charge is 0.161 e. The number of hydrogen-bond acceptors (Lipinski definition) is 3. The second-order valence-corrected chi connectivity index (χ2v) is 5.86. The maximum absolute atomic E-state index is 4.62. The number of hydrogen-bond donors (Lipinski definition) is 1. The van der Waals surface area contributed by atoms with Crippen molar-refractivity contribution in [1.82, 2.24) is 9.97 Å². The highest BCUT2D eigenvalue weighted by Gasteiger charge is 2.08. The van der Waals surface area contributed by atoms with E-state index < -0.39 is 0 Å². The number of aryl methyl sites for hydroxylation is 3. The van der Waals surface area contributed by atoms with E-state index in [0.29, 0.717) is 0 Å². The number of nitrogens with one attached hydrogen (secondary N) is 1. The normalized spacial score (nSPS) is 10.7. The first kappa shape index (κ1) is 15.0. The van der Waals surface area contributed by atoms with Gasteiger partial charge in [0.25, 0.3) is 0 Å². The van der Waals surface area contributed by atoms with Gasteiger partial charge in [-0.15, -0.1) is 0 Å². The molecule has 1 N–H and O–H groups in total. The zero-order valence-electron chi connectivity index (χ0n) is 12.4. The van der Waals surface area contributed by atoms with Crippen molar-refractivity contribution in [1.29, 1.82) is 0 Å². The quantitative estimate of drug-likeness (QED) is 0.884. The Bertz CT molecular complexity index is 600. The molecule has 0 amide bonds. The highest BCUT2D eigenvalue weighted by atomic mass is 79.9. The van der Waals surface area contributed by atoms with E-state index in [4.69, 9.17) is 0 Å². The molecule has 0 bridgehead atoms. The molecule has 0 unspecified atom stereocenters. The molecular weight excluding hydrogens is 314 g/mol. The minimum Gasteiger partial charge on any atom is -0.370 e. The van der Waals surface area contributed by atoms with Gasteiger partial charge in [-0.3, -0.25) is 0 Å². The van der Waals surface area contributed by atoms with Crippen molar-refractivity contribution in [2.24, 2.45) is 0 Å². The Kier molecular flexibility index (Phi) is 4.76. The van der Waals surface area contributed by atoms with Crippen LogP contribution in [0, 0.1) is 20.8 Å². The van der Waals surface area contributed by atoms with Crippen molar-refractivity contribution >= 4 is 21.7 Å². The van der Waals surface area contributed by atoms with Crippen LogP contribution in [0.15, 0.2) is 22.7 Å². The lowest BCUT2D eigenvalue weighted by atomic mass is 10.1. The van der Waals surface area contributed by atoms with Crippen molar-refractivity contribution in [3.63, 3.8) is 0 Å². The predicted molar refractivity (Wildman–Crippen MR) is 88.2 cm³/mol. The van der Waals surface area contributed by atoms with E-state index >= 15 is 0 Å². The fraction of sp³-hybridized carbons (Fsp3) is 0.375. The van der Waals surface area contributed by atoms with E-state index in [1.54, 1.807) is 0 Å². The SMILES string of the molecule is CCCNc1cc(C)nc(-c2cc(C)c(Br)c(C)c2)n1. The van der Waals surface area contributed by atoms with Crippen LogP contribution >= 0.6 is 15.9 Å². The molecular formula is C16H20BrN3. The predicted octanol–water partition coefficient (Wildman–Crippen LogP) is 4.65. The molecule has 2 rings (SSSR count). The lowest BCUT2D eigenvalue weighted by Crippen LogP contribution is -2.04. The first-order valence-corrected chi connectivity index (χ1v) is 7.67. The molecule has 20 heavy (non-hydrogen) atoms. The Morgan fingerprint density at radius 2 is 1.70 bits per heavy atom. The van der Waals surface area contributed by atoms with E-state index in [9.17, 15) is 0 Å². The number of halogens is 1. The summed E-state index contributed by atoms with van der Waals surface area (Å²) >= 11 is 3.60. The zero-order chi connectivity index (χ0) is 14.7. The summed E-state index contributed by atoms with van der Waals surface area (Å²) in [6.07, 6.45) is 1.08. The third kappa shape index (κ3) is 3.37. The molecule has 3 nitrogen and oxygen atoms in total. The van der Waals surface area contributed by atoms with Gasteiger partial charge in [-0.25, -0.2) is 9.97 Å². The Morgan fingerprint density at radius 3 is 2.30 bits per heavy atom. The molecule has 0 atom stereocenters.